The lowest BCUT2D eigenvalue weighted by Crippen LogP contribution is -2.19. The van der Waals surface area contributed by atoms with Crippen molar-refractivity contribution in [2.24, 2.45) is 0 Å². The minimum absolute atomic E-state index is 0.0480. The molecular formula is C24H23ClFN5O2. The van der Waals surface area contributed by atoms with Gasteiger partial charge in [0.05, 0.1) is 22.8 Å². The van der Waals surface area contributed by atoms with Crippen molar-refractivity contribution in [2.45, 2.75) is 39.0 Å². The first-order valence-corrected chi connectivity index (χ1v) is 10.7. The van der Waals surface area contributed by atoms with E-state index >= 15 is 0 Å². The van der Waals surface area contributed by atoms with Crippen LogP contribution in [0.1, 0.15) is 43.8 Å². The molecule has 33 heavy (non-hydrogen) atoms. The number of fused-ring (bicyclic) bond motifs is 1. The van der Waals surface area contributed by atoms with Gasteiger partial charge < -0.3 is 15.5 Å². The summed E-state index contributed by atoms with van der Waals surface area (Å²) in [5.74, 6) is -0.356. The number of aliphatic hydroxyl groups excluding tert-OH is 1. The van der Waals surface area contributed by atoms with Crippen molar-refractivity contribution in [3.05, 3.63) is 76.7 Å². The molecule has 3 aromatic heterocycles. The van der Waals surface area contributed by atoms with Gasteiger partial charge in [0.15, 0.2) is 11.6 Å². The molecule has 0 fully saturated rings. The number of pyridine rings is 2. The summed E-state index contributed by atoms with van der Waals surface area (Å²) in [4.78, 5) is 17.0. The highest BCUT2D eigenvalue weighted by molar-refractivity contribution is 6.34. The maximum absolute atomic E-state index is 14.9. The van der Waals surface area contributed by atoms with Gasteiger partial charge in [-0.05, 0) is 31.9 Å². The zero-order valence-corrected chi connectivity index (χ0v) is 19.1. The molecule has 0 aliphatic rings. The Morgan fingerprint density at radius 1 is 1.12 bits per heavy atom. The van der Waals surface area contributed by atoms with Crippen LogP contribution in [0.3, 0.4) is 0 Å². The molecule has 9 heteroatoms. The topological polar surface area (TPSA) is 104 Å². The van der Waals surface area contributed by atoms with Crippen molar-refractivity contribution < 1.29 is 14.6 Å². The molecule has 7 nitrogen and oxygen atoms in total. The van der Waals surface area contributed by atoms with E-state index in [0.717, 1.165) is 11.1 Å². The number of nitrogens with zero attached hydrogens (tertiary/aromatic N) is 4. The van der Waals surface area contributed by atoms with Gasteiger partial charge in [0.25, 0.3) is 0 Å². The summed E-state index contributed by atoms with van der Waals surface area (Å²) in [5.41, 5.74) is 2.18. The van der Waals surface area contributed by atoms with Crippen LogP contribution in [-0.2, 0) is 12.2 Å². The fourth-order valence-corrected chi connectivity index (χ4v) is 3.62. The van der Waals surface area contributed by atoms with Crippen molar-refractivity contribution in [3.8, 4) is 11.3 Å². The first kappa shape index (κ1) is 23.0. The third-order valence-electron chi connectivity index (χ3n) is 5.22. The Bertz CT molecular complexity index is 1310. The van der Waals surface area contributed by atoms with Gasteiger partial charge in [0.1, 0.15) is 16.8 Å². The molecule has 0 spiro atoms. The lowest BCUT2D eigenvalue weighted by atomic mass is 10.0. The number of aliphatic hydroxyl groups is 2. The van der Waals surface area contributed by atoms with E-state index in [-0.39, 0.29) is 24.2 Å². The summed E-state index contributed by atoms with van der Waals surface area (Å²) in [6.07, 6.45) is 4.29. The van der Waals surface area contributed by atoms with E-state index in [1.807, 2.05) is 31.2 Å². The van der Waals surface area contributed by atoms with Crippen LogP contribution in [0.4, 0.5) is 10.1 Å². The van der Waals surface area contributed by atoms with Gasteiger partial charge in [-0.2, -0.15) is 0 Å². The number of halogens is 2. The number of benzene rings is 1. The lowest BCUT2D eigenvalue weighted by Gasteiger charge is -2.19. The zero-order valence-electron chi connectivity index (χ0n) is 18.3. The van der Waals surface area contributed by atoms with Crippen LogP contribution in [0.2, 0.25) is 5.02 Å². The van der Waals surface area contributed by atoms with Crippen LogP contribution in [0.15, 0.2) is 48.9 Å². The average Bonchev–Trinajstić information content (AvgIpc) is 2.80. The Morgan fingerprint density at radius 3 is 2.52 bits per heavy atom. The van der Waals surface area contributed by atoms with Gasteiger partial charge in [-0.1, -0.05) is 35.9 Å². The predicted molar refractivity (Wildman–Crippen MR) is 125 cm³/mol. The van der Waals surface area contributed by atoms with E-state index in [1.54, 1.807) is 13.8 Å². The van der Waals surface area contributed by atoms with Crippen LogP contribution in [0.5, 0.6) is 0 Å². The lowest BCUT2D eigenvalue weighted by molar-refractivity contribution is 0.0687. The minimum Gasteiger partial charge on any atom is -0.392 e. The Labute approximate surface area is 195 Å². The van der Waals surface area contributed by atoms with E-state index in [2.05, 4.69) is 25.3 Å². The highest BCUT2D eigenvalue weighted by Gasteiger charge is 2.21. The molecule has 170 valence electrons. The minimum atomic E-state index is -1.22. The molecule has 3 heterocycles. The molecule has 0 amide bonds. The maximum Gasteiger partial charge on any atom is 0.159 e. The maximum atomic E-state index is 14.9. The van der Waals surface area contributed by atoms with Crippen LogP contribution in [0, 0.1) is 5.82 Å². The van der Waals surface area contributed by atoms with E-state index < -0.39 is 11.4 Å². The summed E-state index contributed by atoms with van der Waals surface area (Å²) in [7, 11) is 0. The van der Waals surface area contributed by atoms with E-state index in [0.29, 0.717) is 27.3 Å². The summed E-state index contributed by atoms with van der Waals surface area (Å²) in [6, 6.07) is 8.66. The molecule has 1 unspecified atom stereocenters. The zero-order chi connectivity index (χ0) is 23.8. The largest absolute Gasteiger partial charge is 0.392 e. The second-order valence-electron chi connectivity index (χ2n) is 8.29. The van der Waals surface area contributed by atoms with E-state index in [9.17, 15) is 14.6 Å². The Kier molecular flexibility index (Phi) is 6.25. The Morgan fingerprint density at radius 2 is 1.85 bits per heavy atom. The third kappa shape index (κ3) is 4.78. The van der Waals surface area contributed by atoms with Crippen LogP contribution in [-0.4, -0.2) is 30.1 Å². The monoisotopic (exact) mass is 467 g/mol. The van der Waals surface area contributed by atoms with Gasteiger partial charge in [-0.3, -0.25) is 4.98 Å². The number of rotatable bonds is 6. The fourth-order valence-electron chi connectivity index (χ4n) is 3.43. The molecule has 0 saturated carbocycles. The molecular weight excluding hydrogens is 445 g/mol. The van der Waals surface area contributed by atoms with E-state index in [4.69, 9.17) is 11.6 Å². The first-order valence-electron chi connectivity index (χ1n) is 10.3. The van der Waals surface area contributed by atoms with Crippen molar-refractivity contribution >= 4 is 28.3 Å². The molecule has 1 aromatic carbocycles. The van der Waals surface area contributed by atoms with Crippen molar-refractivity contribution in [2.75, 3.05) is 5.32 Å². The van der Waals surface area contributed by atoms with Gasteiger partial charge in [0, 0.05) is 36.3 Å². The Hall–Kier alpha value is -3.20. The standard InChI is InChI=1S/C24H23ClFN5O2/c1-13(15-6-4-5-14(7-15)12-32)30-21-17(25)11-27-19-8-18(26)20(31-22(19)21)16-9-28-23(29-10-16)24(2,3)33/h4-11,13,32-33H,12H2,1-3H3,(H,27,30). The smallest absolute Gasteiger partial charge is 0.159 e. The number of hydrogen-bond acceptors (Lipinski definition) is 7. The third-order valence-corrected chi connectivity index (χ3v) is 5.50. The number of nitrogens with one attached hydrogen (secondary N) is 1. The van der Waals surface area contributed by atoms with E-state index in [1.165, 1.54) is 24.7 Å². The molecule has 0 aliphatic heterocycles. The fraction of sp³-hybridized carbons (Fsp3) is 0.250. The van der Waals surface area contributed by atoms with Crippen molar-refractivity contribution in [1.29, 1.82) is 0 Å². The summed E-state index contributed by atoms with van der Waals surface area (Å²) in [6.45, 7) is 5.03. The quantitative estimate of drug-likeness (QED) is 0.375. The average molecular weight is 468 g/mol. The molecule has 3 N–H and O–H groups in total. The molecule has 1 atom stereocenters. The number of hydrogen-bond donors (Lipinski definition) is 3. The van der Waals surface area contributed by atoms with Gasteiger partial charge in [0.2, 0.25) is 0 Å². The molecule has 4 aromatic rings. The SMILES string of the molecule is CC(Nc1c(Cl)cnc2cc(F)c(-c3cnc(C(C)(C)O)nc3)nc12)c1cccc(CO)c1. The highest BCUT2D eigenvalue weighted by Crippen LogP contribution is 2.34. The molecule has 4 rings (SSSR count). The van der Waals surface area contributed by atoms with Gasteiger partial charge >= 0.3 is 0 Å². The number of aromatic nitrogens is 4. The number of anilines is 1. The molecule has 0 radical (unpaired) electrons. The molecule has 0 aliphatic carbocycles. The highest BCUT2D eigenvalue weighted by atomic mass is 35.5. The van der Waals surface area contributed by atoms with Crippen LogP contribution in [0.25, 0.3) is 22.3 Å². The normalized spacial score (nSPS) is 12.7. The summed E-state index contributed by atoms with van der Waals surface area (Å²) < 4.78 is 14.9. The summed E-state index contributed by atoms with van der Waals surface area (Å²) in [5, 5.41) is 23.2. The first-order chi connectivity index (χ1) is 15.7. The summed E-state index contributed by atoms with van der Waals surface area (Å²) >= 11 is 6.45. The predicted octanol–water partition coefficient (Wildman–Crippen LogP) is 4.77. The molecule has 0 saturated heterocycles. The second-order valence-corrected chi connectivity index (χ2v) is 8.70. The Balaban J connectivity index is 1.77. The van der Waals surface area contributed by atoms with Gasteiger partial charge in [-0.15, -0.1) is 0 Å². The van der Waals surface area contributed by atoms with Crippen LogP contribution >= 0.6 is 11.6 Å². The molecule has 0 bridgehead atoms. The van der Waals surface area contributed by atoms with Crippen LogP contribution < -0.4 is 5.32 Å². The van der Waals surface area contributed by atoms with Crippen molar-refractivity contribution in [3.63, 3.8) is 0 Å². The second kappa shape index (κ2) is 8.97. The van der Waals surface area contributed by atoms with Gasteiger partial charge in [-0.25, -0.2) is 19.3 Å². The van der Waals surface area contributed by atoms with Crippen molar-refractivity contribution in [1.82, 2.24) is 19.9 Å².